The largest absolute Gasteiger partial charge is 0.247 e. The molecule has 0 bridgehead atoms. The Bertz CT molecular complexity index is 904. The molecule has 2 aliphatic rings. The van der Waals surface area contributed by atoms with E-state index in [0.717, 1.165) is 24.5 Å². The molecule has 0 radical (unpaired) electrons. The highest BCUT2D eigenvalue weighted by Gasteiger charge is 2.40. The molecule has 1 aromatic heterocycles. The molecule has 0 unspecified atom stereocenters. The van der Waals surface area contributed by atoms with Crippen molar-refractivity contribution in [1.29, 1.82) is 0 Å². The maximum Gasteiger partial charge on any atom is 0.243 e. The molecule has 0 spiro atoms. The fourth-order valence-corrected chi connectivity index (χ4v) is 5.06. The topological polar surface area (TPSA) is 68.1 Å². The minimum Gasteiger partial charge on any atom is -0.247 e. The Balaban J connectivity index is 1.73. The van der Waals surface area contributed by atoms with Gasteiger partial charge in [-0.25, -0.2) is 22.5 Å². The summed E-state index contributed by atoms with van der Waals surface area (Å²) in [5.41, 5.74) is 0. The van der Waals surface area contributed by atoms with E-state index in [2.05, 4.69) is 18.9 Å². The first kappa shape index (κ1) is 17.6. The molecule has 26 heavy (non-hydrogen) atoms. The summed E-state index contributed by atoms with van der Waals surface area (Å²) >= 11 is 0. The lowest BCUT2D eigenvalue weighted by Gasteiger charge is -2.35. The number of hydrogen-bond donors (Lipinski definition) is 0. The molecule has 1 fully saturated rings. The van der Waals surface area contributed by atoms with Gasteiger partial charge in [0.25, 0.3) is 0 Å². The van der Waals surface area contributed by atoms with E-state index in [9.17, 15) is 12.8 Å². The van der Waals surface area contributed by atoms with Crippen molar-refractivity contribution in [2.75, 3.05) is 6.54 Å². The van der Waals surface area contributed by atoms with Crippen LogP contribution < -0.4 is 0 Å². The predicted molar refractivity (Wildman–Crippen MR) is 94.5 cm³/mol. The van der Waals surface area contributed by atoms with Gasteiger partial charge in [-0.05, 0) is 49.4 Å². The standard InChI is InChI=1S/C18H23FN4O2S/c1-12(2)11-16-18-20-17(13-3-4-13)21-22(18)9-10-23(16)26(24,25)15-7-5-14(19)6-8-15/h5-8,12-13,16H,3-4,9-11H2,1-2H3/t16-/m0/s1. The van der Waals surface area contributed by atoms with Gasteiger partial charge in [0.1, 0.15) is 11.6 Å². The molecule has 1 aromatic carbocycles. The number of hydrogen-bond acceptors (Lipinski definition) is 4. The van der Waals surface area contributed by atoms with Gasteiger partial charge >= 0.3 is 0 Å². The molecular weight excluding hydrogens is 355 g/mol. The molecule has 1 aliphatic carbocycles. The second kappa shape index (κ2) is 6.42. The van der Waals surface area contributed by atoms with E-state index in [4.69, 9.17) is 4.98 Å². The van der Waals surface area contributed by atoms with Crippen LogP contribution in [0.25, 0.3) is 0 Å². The molecule has 6 nitrogen and oxygen atoms in total. The zero-order valence-corrected chi connectivity index (χ0v) is 15.8. The number of nitrogens with zero attached hydrogens (tertiary/aromatic N) is 4. The average Bonchev–Trinajstić information content (AvgIpc) is 3.34. The van der Waals surface area contributed by atoms with Gasteiger partial charge in [-0.3, -0.25) is 0 Å². The maximum atomic E-state index is 13.2. The number of fused-ring (bicyclic) bond motifs is 1. The summed E-state index contributed by atoms with van der Waals surface area (Å²) in [6.07, 6.45) is 2.88. The Morgan fingerprint density at radius 3 is 2.50 bits per heavy atom. The third-order valence-electron chi connectivity index (χ3n) is 4.95. The fraction of sp³-hybridized carbons (Fsp3) is 0.556. The SMILES string of the molecule is CC(C)C[C@H]1c2nc(C3CC3)nn2CCN1S(=O)(=O)c1ccc(F)cc1. The number of halogens is 1. The fourth-order valence-electron chi connectivity index (χ4n) is 3.47. The van der Waals surface area contributed by atoms with E-state index in [1.165, 1.54) is 28.6 Å². The molecule has 0 saturated heterocycles. The van der Waals surface area contributed by atoms with Gasteiger partial charge in [0.15, 0.2) is 5.82 Å². The smallest absolute Gasteiger partial charge is 0.243 e. The molecule has 0 N–H and O–H groups in total. The molecule has 140 valence electrons. The Hall–Kier alpha value is -1.80. The lowest BCUT2D eigenvalue weighted by molar-refractivity contribution is 0.222. The van der Waals surface area contributed by atoms with Crippen molar-refractivity contribution in [2.45, 2.75) is 56.5 Å². The Morgan fingerprint density at radius 1 is 1.19 bits per heavy atom. The van der Waals surface area contributed by atoms with Crippen LogP contribution in [-0.4, -0.2) is 34.0 Å². The molecular formula is C18H23FN4O2S. The number of benzene rings is 1. The van der Waals surface area contributed by atoms with Crippen molar-refractivity contribution in [3.63, 3.8) is 0 Å². The van der Waals surface area contributed by atoms with Crippen LogP contribution in [0.15, 0.2) is 29.2 Å². The van der Waals surface area contributed by atoms with Crippen LogP contribution in [-0.2, 0) is 16.6 Å². The number of rotatable bonds is 5. The molecule has 8 heteroatoms. The average molecular weight is 378 g/mol. The van der Waals surface area contributed by atoms with Gasteiger partial charge in [-0.2, -0.15) is 9.40 Å². The first-order valence-electron chi connectivity index (χ1n) is 9.08. The van der Waals surface area contributed by atoms with Crippen molar-refractivity contribution in [3.8, 4) is 0 Å². The highest BCUT2D eigenvalue weighted by Crippen LogP contribution is 2.40. The van der Waals surface area contributed by atoms with Crippen LogP contribution in [0.4, 0.5) is 4.39 Å². The predicted octanol–water partition coefficient (Wildman–Crippen LogP) is 3.09. The van der Waals surface area contributed by atoms with Crippen LogP contribution in [0.3, 0.4) is 0 Å². The zero-order chi connectivity index (χ0) is 18.5. The molecule has 1 saturated carbocycles. The molecule has 2 heterocycles. The summed E-state index contributed by atoms with van der Waals surface area (Å²) in [7, 11) is -3.73. The van der Waals surface area contributed by atoms with Crippen LogP contribution in [0, 0.1) is 11.7 Å². The summed E-state index contributed by atoms with van der Waals surface area (Å²) in [5.74, 6) is 1.86. The third-order valence-corrected chi connectivity index (χ3v) is 6.87. The van der Waals surface area contributed by atoms with Crippen molar-refractivity contribution in [3.05, 3.63) is 41.7 Å². The summed E-state index contributed by atoms with van der Waals surface area (Å²) < 4.78 is 43.0. The third kappa shape index (κ3) is 3.16. The van der Waals surface area contributed by atoms with Gasteiger partial charge in [-0.15, -0.1) is 0 Å². The van der Waals surface area contributed by atoms with Gasteiger partial charge in [0.2, 0.25) is 10.0 Å². The van der Waals surface area contributed by atoms with Crippen molar-refractivity contribution in [1.82, 2.24) is 19.1 Å². The van der Waals surface area contributed by atoms with E-state index in [-0.39, 0.29) is 10.9 Å². The minimum atomic E-state index is -3.73. The molecule has 0 amide bonds. The van der Waals surface area contributed by atoms with Crippen LogP contribution in [0.1, 0.15) is 56.7 Å². The Morgan fingerprint density at radius 2 is 1.88 bits per heavy atom. The summed E-state index contributed by atoms with van der Waals surface area (Å²) in [4.78, 5) is 4.82. The van der Waals surface area contributed by atoms with E-state index in [0.29, 0.717) is 31.3 Å². The number of aromatic nitrogens is 3. The lowest BCUT2D eigenvalue weighted by Crippen LogP contribution is -2.43. The van der Waals surface area contributed by atoms with Crippen molar-refractivity contribution >= 4 is 10.0 Å². The van der Waals surface area contributed by atoms with Gasteiger partial charge in [0.05, 0.1) is 17.5 Å². The second-order valence-corrected chi connectivity index (χ2v) is 9.43. The summed E-state index contributed by atoms with van der Waals surface area (Å²) in [5, 5.41) is 4.61. The van der Waals surface area contributed by atoms with Crippen LogP contribution in [0.2, 0.25) is 0 Å². The molecule has 4 rings (SSSR count). The Kier molecular flexibility index (Phi) is 4.35. The zero-order valence-electron chi connectivity index (χ0n) is 15.0. The first-order valence-corrected chi connectivity index (χ1v) is 10.5. The van der Waals surface area contributed by atoms with Gasteiger partial charge in [-0.1, -0.05) is 13.8 Å². The van der Waals surface area contributed by atoms with Crippen molar-refractivity contribution in [2.24, 2.45) is 5.92 Å². The van der Waals surface area contributed by atoms with E-state index >= 15 is 0 Å². The Labute approximate surface area is 153 Å². The monoisotopic (exact) mass is 378 g/mol. The van der Waals surface area contributed by atoms with Gasteiger partial charge < -0.3 is 0 Å². The van der Waals surface area contributed by atoms with Crippen LogP contribution in [0.5, 0.6) is 0 Å². The van der Waals surface area contributed by atoms with Crippen LogP contribution >= 0.6 is 0 Å². The van der Waals surface area contributed by atoms with E-state index < -0.39 is 15.8 Å². The highest BCUT2D eigenvalue weighted by atomic mass is 32.2. The summed E-state index contributed by atoms with van der Waals surface area (Å²) in [6.45, 7) is 4.97. The minimum absolute atomic E-state index is 0.114. The highest BCUT2D eigenvalue weighted by molar-refractivity contribution is 7.89. The molecule has 1 aliphatic heterocycles. The van der Waals surface area contributed by atoms with Crippen molar-refractivity contribution < 1.29 is 12.8 Å². The summed E-state index contributed by atoms with van der Waals surface area (Å²) in [6, 6.07) is 4.67. The second-order valence-electron chi connectivity index (χ2n) is 7.54. The normalized spacial score (nSPS) is 21.2. The lowest BCUT2D eigenvalue weighted by atomic mass is 10.0. The maximum absolute atomic E-state index is 13.2. The van der Waals surface area contributed by atoms with E-state index in [1.807, 2.05) is 4.68 Å². The first-order chi connectivity index (χ1) is 12.4. The number of sulfonamides is 1. The van der Waals surface area contributed by atoms with E-state index in [1.54, 1.807) is 0 Å². The molecule has 1 atom stereocenters. The quantitative estimate of drug-likeness (QED) is 0.802. The molecule has 2 aromatic rings. The van der Waals surface area contributed by atoms with Gasteiger partial charge in [0, 0.05) is 12.5 Å².